The summed E-state index contributed by atoms with van der Waals surface area (Å²) < 4.78 is 0.979. The Hall–Kier alpha value is -1.14. The van der Waals surface area contributed by atoms with Crippen molar-refractivity contribution < 1.29 is 4.79 Å². The van der Waals surface area contributed by atoms with Gasteiger partial charge in [-0.05, 0) is 34.5 Å². The fourth-order valence-electron chi connectivity index (χ4n) is 1.07. The number of amides is 1. The highest BCUT2D eigenvalue weighted by Crippen LogP contribution is 2.27. The first-order valence-corrected chi connectivity index (χ1v) is 5.84. The Kier molecular flexibility index (Phi) is 2.88. The first-order chi connectivity index (χ1) is 7.16. The molecule has 2 aromatic rings. The summed E-state index contributed by atoms with van der Waals surface area (Å²) in [4.78, 5) is 19.1. The van der Waals surface area contributed by atoms with E-state index in [1.54, 1.807) is 12.4 Å². The number of H-pyrrole nitrogens is 1. The van der Waals surface area contributed by atoms with E-state index in [1.165, 1.54) is 11.3 Å². The molecule has 0 unspecified atom stereocenters. The van der Waals surface area contributed by atoms with Crippen molar-refractivity contribution in [2.45, 2.75) is 6.92 Å². The van der Waals surface area contributed by atoms with Crippen molar-refractivity contribution >= 4 is 39.1 Å². The standard InChI is InChI=1S/C9H8BrN3OS/c1-5-4-6(15-7(5)10)8(14)13-9-11-2-3-12-9/h2-4H,1H3,(H2,11,12,13,14). The second-order valence-corrected chi connectivity index (χ2v) is 5.33. The van der Waals surface area contributed by atoms with Gasteiger partial charge in [0.25, 0.3) is 5.91 Å². The summed E-state index contributed by atoms with van der Waals surface area (Å²) in [6.45, 7) is 1.95. The summed E-state index contributed by atoms with van der Waals surface area (Å²) in [7, 11) is 0. The van der Waals surface area contributed by atoms with Gasteiger partial charge in [-0.25, -0.2) is 4.98 Å². The third-order valence-corrected chi connectivity index (χ3v) is 3.95. The number of aromatic amines is 1. The van der Waals surface area contributed by atoms with Gasteiger partial charge in [-0.1, -0.05) is 0 Å². The SMILES string of the molecule is Cc1cc(C(=O)Nc2ncc[nH]2)sc1Br. The predicted octanol–water partition coefficient (Wildman–Crippen LogP) is 2.79. The Balaban J connectivity index is 2.15. The van der Waals surface area contributed by atoms with Gasteiger partial charge in [0.2, 0.25) is 5.95 Å². The van der Waals surface area contributed by atoms with Crippen molar-refractivity contribution in [3.8, 4) is 0 Å². The zero-order valence-corrected chi connectivity index (χ0v) is 10.3. The number of aryl methyl sites for hydroxylation is 1. The van der Waals surface area contributed by atoms with E-state index in [0.717, 1.165) is 9.35 Å². The summed E-state index contributed by atoms with van der Waals surface area (Å²) in [6.07, 6.45) is 3.25. The van der Waals surface area contributed by atoms with Gasteiger partial charge >= 0.3 is 0 Å². The van der Waals surface area contributed by atoms with Crippen molar-refractivity contribution in [3.63, 3.8) is 0 Å². The van der Waals surface area contributed by atoms with Crippen LogP contribution in [0.1, 0.15) is 15.2 Å². The molecule has 0 aromatic carbocycles. The third-order valence-electron chi connectivity index (χ3n) is 1.81. The Labute approximate surface area is 98.9 Å². The molecule has 6 heteroatoms. The van der Waals surface area contributed by atoms with Crippen molar-refractivity contribution in [1.29, 1.82) is 0 Å². The van der Waals surface area contributed by atoms with Crippen LogP contribution in [0.25, 0.3) is 0 Å². The van der Waals surface area contributed by atoms with Gasteiger partial charge in [0, 0.05) is 12.4 Å². The molecule has 0 atom stereocenters. The van der Waals surface area contributed by atoms with Crippen molar-refractivity contribution in [2.75, 3.05) is 5.32 Å². The van der Waals surface area contributed by atoms with E-state index in [9.17, 15) is 4.79 Å². The Morgan fingerprint density at radius 1 is 1.67 bits per heavy atom. The fourth-order valence-corrected chi connectivity index (χ4v) is 2.50. The number of carbonyl (C=O) groups is 1. The summed E-state index contributed by atoms with van der Waals surface area (Å²) >= 11 is 4.78. The average Bonchev–Trinajstić information content (AvgIpc) is 2.78. The van der Waals surface area contributed by atoms with Crippen LogP contribution in [-0.2, 0) is 0 Å². The van der Waals surface area contributed by atoms with E-state index in [-0.39, 0.29) is 5.91 Å². The maximum absolute atomic E-state index is 11.7. The zero-order valence-electron chi connectivity index (χ0n) is 7.87. The van der Waals surface area contributed by atoms with Crippen LogP contribution < -0.4 is 5.32 Å². The van der Waals surface area contributed by atoms with E-state index in [1.807, 2.05) is 13.0 Å². The highest BCUT2D eigenvalue weighted by molar-refractivity contribution is 9.11. The topological polar surface area (TPSA) is 57.8 Å². The quantitative estimate of drug-likeness (QED) is 0.891. The molecule has 0 bridgehead atoms. The van der Waals surface area contributed by atoms with Crippen LogP contribution in [0.3, 0.4) is 0 Å². The lowest BCUT2D eigenvalue weighted by molar-refractivity contribution is 0.102. The van der Waals surface area contributed by atoms with Crippen LogP contribution in [0, 0.1) is 6.92 Å². The molecule has 4 nitrogen and oxygen atoms in total. The molecule has 2 heterocycles. The molecule has 0 aliphatic rings. The molecule has 78 valence electrons. The molecule has 0 aliphatic heterocycles. The number of hydrogen-bond donors (Lipinski definition) is 2. The first kappa shape index (κ1) is 10.4. The molecular weight excluding hydrogens is 278 g/mol. The highest BCUT2D eigenvalue weighted by atomic mass is 79.9. The van der Waals surface area contributed by atoms with Gasteiger partial charge in [-0.3, -0.25) is 10.1 Å². The van der Waals surface area contributed by atoms with E-state index in [4.69, 9.17) is 0 Å². The number of thiophene rings is 1. The average molecular weight is 286 g/mol. The summed E-state index contributed by atoms with van der Waals surface area (Å²) in [5.74, 6) is 0.311. The Morgan fingerprint density at radius 3 is 3.00 bits per heavy atom. The van der Waals surface area contributed by atoms with Gasteiger partial charge in [0.05, 0.1) is 8.66 Å². The van der Waals surface area contributed by atoms with Crippen LogP contribution in [-0.4, -0.2) is 15.9 Å². The number of nitrogens with zero attached hydrogens (tertiary/aromatic N) is 1. The van der Waals surface area contributed by atoms with Crippen LogP contribution in [0.15, 0.2) is 22.2 Å². The van der Waals surface area contributed by atoms with Gasteiger partial charge in [0.1, 0.15) is 0 Å². The Morgan fingerprint density at radius 2 is 2.47 bits per heavy atom. The minimum Gasteiger partial charge on any atom is -0.331 e. The van der Waals surface area contributed by atoms with Gasteiger partial charge in [-0.15, -0.1) is 11.3 Å². The van der Waals surface area contributed by atoms with Gasteiger partial charge < -0.3 is 4.98 Å². The Bertz CT molecular complexity index is 458. The van der Waals surface area contributed by atoms with Crippen molar-refractivity contribution in [2.24, 2.45) is 0 Å². The van der Waals surface area contributed by atoms with Gasteiger partial charge in [0.15, 0.2) is 0 Å². The zero-order chi connectivity index (χ0) is 10.8. The van der Waals surface area contributed by atoms with Crippen LogP contribution in [0.2, 0.25) is 0 Å². The van der Waals surface area contributed by atoms with Crippen molar-refractivity contribution in [1.82, 2.24) is 9.97 Å². The van der Waals surface area contributed by atoms with E-state index in [0.29, 0.717) is 10.8 Å². The van der Waals surface area contributed by atoms with Crippen LogP contribution >= 0.6 is 27.3 Å². The van der Waals surface area contributed by atoms with Crippen LogP contribution in [0.4, 0.5) is 5.95 Å². The minimum absolute atomic E-state index is 0.149. The number of imidazole rings is 1. The van der Waals surface area contributed by atoms with E-state index in [2.05, 4.69) is 31.2 Å². The predicted molar refractivity (Wildman–Crippen MR) is 63.3 cm³/mol. The molecule has 2 rings (SSSR count). The molecule has 2 aromatic heterocycles. The fraction of sp³-hybridized carbons (Fsp3) is 0.111. The monoisotopic (exact) mass is 285 g/mol. The number of nitrogens with one attached hydrogen (secondary N) is 2. The summed E-state index contributed by atoms with van der Waals surface area (Å²) in [5, 5.41) is 2.66. The molecule has 2 N–H and O–H groups in total. The highest BCUT2D eigenvalue weighted by Gasteiger charge is 2.11. The maximum atomic E-state index is 11.7. The first-order valence-electron chi connectivity index (χ1n) is 4.23. The van der Waals surface area contributed by atoms with Crippen LogP contribution in [0.5, 0.6) is 0 Å². The number of anilines is 1. The van der Waals surface area contributed by atoms with E-state index >= 15 is 0 Å². The normalized spacial score (nSPS) is 10.3. The number of aromatic nitrogens is 2. The lowest BCUT2D eigenvalue weighted by Gasteiger charge is -1.97. The third kappa shape index (κ3) is 2.27. The molecule has 0 fully saturated rings. The summed E-state index contributed by atoms with van der Waals surface area (Å²) in [6, 6.07) is 1.84. The molecule has 15 heavy (non-hydrogen) atoms. The molecule has 0 saturated carbocycles. The molecule has 1 amide bonds. The summed E-state index contributed by atoms with van der Waals surface area (Å²) in [5.41, 5.74) is 1.06. The lowest BCUT2D eigenvalue weighted by Crippen LogP contribution is -2.11. The lowest BCUT2D eigenvalue weighted by atomic mass is 10.3. The smallest absolute Gasteiger partial charge is 0.268 e. The second kappa shape index (κ2) is 4.16. The molecule has 0 saturated heterocycles. The molecule has 0 aliphatic carbocycles. The number of halogens is 1. The molecule has 0 spiro atoms. The number of rotatable bonds is 2. The largest absolute Gasteiger partial charge is 0.331 e. The maximum Gasteiger partial charge on any atom is 0.268 e. The number of carbonyl (C=O) groups excluding carboxylic acids is 1. The van der Waals surface area contributed by atoms with E-state index < -0.39 is 0 Å². The molecule has 0 radical (unpaired) electrons. The minimum atomic E-state index is -0.149. The molecular formula is C9H8BrN3OS. The number of hydrogen-bond acceptors (Lipinski definition) is 3. The van der Waals surface area contributed by atoms with Crippen molar-refractivity contribution in [3.05, 3.63) is 32.7 Å². The second-order valence-electron chi connectivity index (χ2n) is 2.96. The van der Waals surface area contributed by atoms with Gasteiger partial charge in [-0.2, -0.15) is 0 Å².